The summed E-state index contributed by atoms with van der Waals surface area (Å²) in [6.07, 6.45) is 2.28. The van der Waals surface area contributed by atoms with E-state index in [0.717, 1.165) is 23.2 Å². The smallest absolute Gasteiger partial charge is 0.130 e. The van der Waals surface area contributed by atoms with Gasteiger partial charge < -0.3 is 5.32 Å². The molecule has 4 heteroatoms. The van der Waals surface area contributed by atoms with Crippen molar-refractivity contribution in [3.63, 3.8) is 0 Å². The van der Waals surface area contributed by atoms with E-state index in [-0.39, 0.29) is 0 Å². The molecule has 0 amide bonds. The van der Waals surface area contributed by atoms with Gasteiger partial charge in [0.05, 0.1) is 5.69 Å². The molecule has 0 spiro atoms. The Bertz CT molecular complexity index is 423. The molecule has 1 fully saturated rings. The number of nitrogens with zero attached hydrogens (tertiary/aromatic N) is 2. The standard InChI is InChI=1S/C13H22ClN3/c1-8-9(12(14)17(5)16-8)6-11(15-4)10-7-13(10,2)3/h10-11,15H,6-7H2,1-5H3. The van der Waals surface area contributed by atoms with Gasteiger partial charge in [-0.1, -0.05) is 25.4 Å². The number of nitrogens with one attached hydrogen (secondary N) is 1. The van der Waals surface area contributed by atoms with Crippen molar-refractivity contribution in [3.05, 3.63) is 16.4 Å². The summed E-state index contributed by atoms with van der Waals surface area (Å²) in [5.74, 6) is 0.753. The number of hydrogen-bond acceptors (Lipinski definition) is 2. The molecular formula is C13H22ClN3. The van der Waals surface area contributed by atoms with Gasteiger partial charge >= 0.3 is 0 Å². The second kappa shape index (κ2) is 4.29. The van der Waals surface area contributed by atoms with E-state index in [1.54, 1.807) is 4.68 Å². The first-order valence-corrected chi connectivity index (χ1v) is 6.60. The lowest BCUT2D eigenvalue weighted by molar-refractivity contribution is 0.425. The summed E-state index contributed by atoms with van der Waals surface area (Å²) >= 11 is 6.28. The highest BCUT2D eigenvalue weighted by atomic mass is 35.5. The Balaban J connectivity index is 2.14. The van der Waals surface area contributed by atoms with Crippen LogP contribution in [0.25, 0.3) is 0 Å². The molecule has 1 aliphatic rings. The molecule has 2 rings (SSSR count). The molecule has 3 nitrogen and oxygen atoms in total. The molecule has 1 N–H and O–H groups in total. The van der Waals surface area contributed by atoms with Crippen LogP contribution in [0.3, 0.4) is 0 Å². The third-order valence-electron chi connectivity index (χ3n) is 4.14. The maximum absolute atomic E-state index is 6.28. The molecule has 1 heterocycles. The summed E-state index contributed by atoms with van der Waals surface area (Å²) in [5.41, 5.74) is 2.73. The number of aryl methyl sites for hydroxylation is 2. The molecule has 0 saturated heterocycles. The van der Waals surface area contributed by atoms with Crippen LogP contribution in [0.4, 0.5) is 0 Å². The molecule has 0 aliphatic heterocycles. The van der Waals surface area contributed by atoms with Crippen LogP contribution in [-0.2, 0) is 13.5 Å². The van der Waals surface area contributed by atoms with Gasteiger partial charge in [0.15, 0.2) is 0 Å². The van der Waals surface area contributed by atoms with Crippen LogP contribution in [0, 0.1) is 18.3 Å². The molecule has 2 atom stereocenters. The van der Waals surface area contributed by atoms with E-state index in [1.807, 2.05) is 21.0 Å². The predicted octanol–water partition coefficient (Wildman–Crippen LogP) is 2.56. The summed E-state index contributed by atoms with van der Waals surface area (Å²) in [5, 5.41) is 8.59. The first-order chi connectivity index (χ1) is 7.86. The predicted molar refractivity (Wildman–Crippen MR) is 71.4 cm³/mol. The SMILES string of the molecule is CNC(Cc1c(C)nn(C)c1Cl)C1CC1(C)C. The Morgan fingerprint density at radius 2 is 2.18 bits per heavy atom. The number of rotatable bonds is 4. The average Bonchev–Trinajstić information content (AvgIpc) is 2.80. The summed E-state index contributed by atoms with van der Waals surface area (Å²) < 4.78 is 1.76. The van der Waals surface area contributed by atoms with Crippen LogP contribution >= 0.6 is 11.6 Å². The minimum atomic E-state index is 0.482. The molecule has 1 aliphatic carbocycles. The van der Waals surface area contributed by atoms with Crippen molar-refractivity contribution in [2.75, 3.05) is 7.05 Å². The highest BCUT2D eigenvalue weighted by Gasteiger charge is 2.49. The number of likely N-dealkylation sites (N-methyl/N-ethyl adjacent to an activating group) is 1. The lowest BCUT2D eigenvalue weighted by Crippen LogP contribution is -2.31. The van der Waals surface area contributed by atoms with E-state index in [9.17, 15) is 0 Å². The molecule has 17 heavy (non-hydrogen) atoms. The second-order valence-electron chi connectivity index (χ2n) is 5.88. The Labute approximate surface area is 109 Å². The Kier molecular flexibility index (Phi) is 3.25. The third-order valence-corrected chi connectivity index (χ3v) is 4.61. The maximum Gasteiger partial charge on any atom is 0.130 e. The lowest BCUT2D eigenvalue weighted by atomic mass is 9.98. The largest absolute Gasteiger partial charge is 0.316 e. The Morgan fingerprint density at radius 1 is 1.59 bits per heavy atom. The van der Waals surface area contributed by atoms with Crippen molar-refractivity contribution in [1.82, 2.24) is 15.1 Å². The summed E-state index contributed by atoms with van der Waals surface area (Å²) in [6.45, 7) is 6.70. The third kappa shape index (κ3) is 2.36. The Hall–Kier alpha value is -0.540. The number of hydrogen-bond donors (Lipinski definition) is 1. The minimum Gasteiger partial charge on any atom is -0.316 e. The zero-order valence-corrected chi connectivity index (χ0v) is 12.1. The Morgan fingerprint density at radius 3 is 2.53 bits per heavy atom. The van der Waals surface area contributed by atoms with Crippen LogP contribution in [0.5, 0.6) is 0 Å². The number of halogens is 1. The van der Waals surface area contributed by atoms with Crippen molar-refractivity contribution >= 4 is 11.6 Å². The fourth-order valence-corrected chi connectivity index (χ4v) is 3.02. The summed E-state index contributed by atoms with van der Waals surface area (Å²) in [4.78, 5) is 0. The van der Waals surface area contributed by atoms with Crippen LogP contribution in [0.1, 0.15) is 31.5 Å². The second-order valence-corrected chi connectivity index (χ2v) is 6.23. The van der Waals surface area contributed by atoms with Gasteiger partial charge in [0, 0.05) is 18.7 Å². The van der Waals surface area contributed by atoms with Crippen LogP contribution in [-0.4, -0.2) is 22.9 Å². The molecule has 96 valence electrons. The molecule has 0 aromatic carbocycles. The van der Waals surface area contributed by atoms with Gasteiger partial charge in [-0.05, 0) is 38.1 Å². The van der Waals surface area contributed by atoms with Gasteiger partial charge in [-0.15, -0.1) is 0 Å². The molecule has 1 aromatic heterocycles. The molecule has 1 aromatic rings. The monoisotopic (exact) mass is 255 g/mol. The highest BCUT2D eigenvalue weighted by molar-refractivity contribution is 6.30. The zero-order valence-electron chi connectivity index (χ0n) is 11.3. The average molecular weight is 256 g/mol. The first kappa shape index (κ1) is 12.9. The normalized spacial score (nSPS) is 23.8. The van der Waals surface area contributed by atoms with Crippen LogP contribution in [0.15, 0.2) is 0 Å². The zero-order chi connectivity index (χ0) is 12.8. The van der Waals surface area contributed by atoms with Crippen LogP contribution < -0.4 is 5.32 Å². The molecule has 1 saturated carbocycles. The molecule has 2 unspecified atom stereocenters. The van der Waals surface area contributed by atoms with Crippen molar-refractivity contribution in [3.8, 4) is 0 Å². The van der Waals surface area contributed by atoms with Crippen LogP contribution in [0.2, 0.25) is 5.15 Å². The molecule has 0 bridgehead atoms. The number of aromatic nitrogens is 2. The van der Waals surface area contributed by atoms with Gasteiger partial charge in [0.25, 0.3) is 0 Å². The van der Waals surface area contributed by atoms with Gasteiger partial charge in [-0.25, -0.2) is 0 Å². The van der Waals surface area contributed by atoms with E-state index in [2.05, 4.69) is 24.3 Å². The maximum atomic E-state index is 6.28. The highest BCUT2D eigenvalue weighted by Crippen LogP contribution is 2.54. The van der Waals surface area contributed by atoms with Gasteiger partial charge in [-0.3, -0.25) is 4.68 Å². The van der Waals surface area contributed by atoms with Crippen molar-refractivity contribution in [1.29, 1.82) is 0 Å². The lowest BCUT2D eigenvalue weighted by Gasteiger charge is -2.18. The van der Waals surface area contributed by atoms with E-state index >= 15 is 0 Å². The summed E-state index contributed by atoms with van der Waals surface area (Å²) in [6, 6.07) is 0.505. The van der Waals surface area contributed by atoms with Gasteiger partial charge in [0.2, 0.25) is 0 Å². The van der Waals surface area contributed by atoms with Gasteiger partial charge in [0.1, 0.15) is 5.15 Å². The molecule has 0 radical (unpaired) electrons. The van der Waals surface area contributed by atoms with E-state index in [1.165, 1.54) is 12.0 Å². The van der Waals surface area contributed by atoms with E-state index < -0.39 is 0 Å². The van der Waals surface area contributed by atoms with E-state index in [0.29, 0.717) is 11.5 Å². The van der Waals surface area contributed by atoms with Gasteiger partial charge in [-0.2, -0.15) is 5.10 Å². The fraction of sp³-hybridized carbons (Fsp3) is 0.769. The quantitative estimate of drug-likeness (QED) is 0.896. The van der Waals surface area contributed by atoms with Crippen molar-refractivity contribution < 1.29 is 0 Å². The topological polar surface area (TPSA) is 29.9 Å². The fourth-order valence-electron chi connectivity index (χ4n) is 2.77. The van der Waals surface area contributed by atoms with E-state index in [4.69, 9.17) is 11.6 Å². The molecular weight excluding hydrogens is 234 g/mol. The van der Waals surface area contributed by atoms with Crippen molar-refractivity contribution in [2.24, 2.45) is 18.4 Å². The first-order valence-electron chi connectivity index (χ1n) is 6.22. The minimum absolute atomic E-state index is 0.482. The van der Waals surface area contributed by atoms with Crippen molar-refractivity contribution in [2.45, 2.75) is 39.7 Å². The summed E-state index contributed by atoms with van der Waals surface area (Å²) in [7, 11) is 3.94.